The molecule has 7 rings (SSSR count). The van der Waals surface area contributed by atoms with Crippen molar-refractivity contribution < 1.29 is 9.53 Å². The van der Waals surface area contributed by atoms with Crippen molar-refractivity contribution in [3.8, 4) is 0 Å². The van der Waals surface area contributed by atoms with Crippen LogP contribution in [0, 0.1) is 17.3 Å². The van der Waals surface area contributed by atoms with Gasteiger partial charge in [-0.15, -0.1) is 0 Å². The SMILES string of the molecule is CCC12C=NC3C[C@@H]1[C@H]1C(=O)O[C@H]2C[C@@]12C3=Nc1ccccc12. The molecule has 4 aliphatic heterocycles. The molecule has 1 aromatic carbocycles. The second kappa shape index (κ2) is 3.58. The van der Waals surface area contributed by atoms with Crippen LogP contribution in [0.3, 0.4) is 0 Å². The van der Waals surface area contributed by atoms with Gasteiger partial charge in [0.1, 0.15) is 6.10 Å². The van der Waals surface area contributed by atoms with Gasteiger partial charge in [-0.3, -0.25) is 14.8 Å². The molecule has 5 bridgehead atoms. The van der Waals surface area contributed by atoms with Crippen LogP contribution in [0.25, 0.3) is 0 Å². The van der Waals surface area contributed by atoms with E-state index in [9.17, 15) is 4.79 Å². The van der Waals surface area contributed by atoms with Crippen LogP contribution in [0.4, 0.5) is 5.69 Å². The van der Waals surface area contributed by atoms with Crippen LogP contribution < -0.4 is 0 Å². The highest BCUT2D eigenvalue weighted by Crippen LogP contribution is 2.68. The predicted octanol–water partition coefficient (Wildman–Crippen LogP) is 2.83. The lowest BCUT2D eigenvalue weighted by atomic mass is 9.41. The molecule has 2 saturated carbocycles. The van der Waals surface area contributed by atoms with Gasteiger partial charge in [0, 0.05) is 18.1 Å². The molecule has 6 aliphatic rings. The Morgan fingerprint density at radius 1 is 1.35 bits per heavy atom. The third kappa shape index (κ3) is 1.10. The molecule has 2 saturated heterocycles. The number of para-hydroxylation sites is 1. The van der Waals surface area contributed by atoms with Crippen LogP contribution >= 0.6 is 0 Å². The second-order valence-corrected chi connectivity index (χ2v) is 7.69. The maximum absolute atomic E-state index is 12.8. The third-order valence-corrected chi connectivity index (χ3v) is 7.23. The van der Waals surface area contributed by atoms with Gasteiger partial charge in [0.05, 0.1) is 28.8 Å². The first-order chi connectivity index (χ1) is 11.2. The van der Waals surface area contributed by atoms with Crippen molar-refractivity contribution >= 4 is 23.6 Å². The molecule has 0 aromatic heterocycles. The number of hydrogen-bond donors (Lipinski definition) is 0. The molecular formula is C19H18N2O2. The Kier molecular flexibility index (Phi) is 1.94. The average molecular weight is 306 g/mol. The number of hydrogen-bond acceptors (Lipinski definition) is 4. The fourth-order valence-corrected chi connectivity index (χ4v) is 6.29. The smallest absolute Gasteiger partial charge is 0.310 e. The minimum absolute atomic E-state index is 0.00604. The summed E-state index contributed by atoms with van der Waals surface area (Å²) in [4.78, 5) is 22.7. The molecule has 116 valence electrons. The Morgan fingerprint density at radius 3 is 3.09 bits per heavy atom. The summed E-state index contributed by atoms with van der Waals surface area (Å²) < 4.78 is 5.88. The van der Waals surface area contributed by atoms with E-state index in [4.69, 9.17) is 14.7 Å². The van der Waals surface area contributed by atoms with E-state index < -0.39 is 0 Å². The second-order valence-electron chi connectivity index (χ2n) is 7.69. The van der Waals surface area contributed by atoms with Gasteiger partial charge in [0.15, 0.2) is 0 Å². The molecule has 6 atom stereocenters. The minimum atomic E-state index is -0.249. The molecule has 2 unspecified atom stereocenters. The van der Waals surface area contributed by atoms with Gasteiger partial charge < -0.3 is 4.74 Å². The first-order valence-corrected chi connectivity index (χ1v) is 8.64. The first-order valence-electron chi connectivity index (χ1n) is 8.64. The molecule has 1 spiro atoms. The summed E-state index contributed by atoms with van der Waals surface area (Å²) in [6.45, 7) is 2.21. The van der Waals surface area contributed by atoms with Gasteiger partial charge in [-0.25, -0.2) is 0 Å². The molecule has 2 aliphatic carbocycles. The van der Waals surface area contributed by atoms with Crippen LogP contribution in [0.1, 0.15) is 31.7 Å². The first kappa shape index (κ1) is 12.5. The van der Waals surface area contributed by atoms with Crippen molar-refractivity contribution in [2.24, 2.45) is 27.2 Å². The van der Waals surface area contributed by atoms with Crippen LogP contribution in [-0.2, 0) is 14.9 Å². The Balaban J connectivity index is 1.70. The lowest BCUT2D eigenvalue weighted by Crippen LogP contribution is -2.74. The van der Waals surface area contributed by atoms with Crippen molar-refractivity contribution in [2.75, 3.05) is 0 Å². The predicted molar refractivity (Wildman–Crippen MR) is 86.3 cm³/mol. The minimum Gasteiger partial charge on any atom is -0.461 e. The van der Waals surface area contributed by atoms with Gasteiger partial charge in [-0.05, 0) is 30.4 Å². The topological polar surface area (TPSA) is 51.0 Å². The molecule has 1 aromatic rings. The van der Waals surface area contributed by atoms with Crippen LogP contribution in [0.15, 0.2) is 34.3 Å². The maximum Gasteiger partial charge on any atom is 0.310 e. The summed E-state index contributed by atoms with van der Waals surface area (Å²) in [5.74, 6) is 0.256. The Labute approximate surface area is 134 Å². The van der Waals surface area contributed by atoms with E-state index in [1.54, 1.807) is 0 Å². The molecule has 23 heavy (non-hydrogen) atoms. The van der Waals surface area contributed by atoms with Gasteiger partial charge in [0.2, 0.25) is 0 Å². The highest BCUT2D eigenvalue weighted by molar-refractivity contribution is 6.11. The highest BCUT2D eigenvalue weighted by atomic mass is 16.5. The van der Waals surface area contributed by atoms with Crippen molar-refractivity contribution in [2.45, 2.75) is 43.7 Å². The summed E-state index contributed by atoms with van der Waals surface area (Å²) in [5.41, 5.74) is 3.09. The standard InChI is InChI=1S/C19H18N2O2/c1-2-18-9-20-13-7-11(18)15-17(22)23-14(18)8-19(15)10-5-3-4-6-12(10)21-16(13)19/h3-6,9,11,13-15H,2,7-8H2,1H3/t11-,13?,14+,15+,18?,19+/m1/s1. The number of aliphatic imine (C=N–C) groups is 2. The molecule has 0 N–H and O–H groups in total. The summed E-state index contributed by atoms with van der Waals surface area (Å²) in [5, 5.41) is 0. The number of esters is 1. The summed E-state index contributed by atoms with van der Waals surface area (Å²) in [6, 6.07) is 8.49. The van der Waals surface area contributed by atoms with Crippen molar-refractivity contribution in [3.05, 3.63) is 29.8 Å². The number of rotatable bonds is 1. The fraction of sp³-hybridized carbons (Fsp3) is 0.526. The number of carbonyl (C=O) groups is 1. The zero-order valence-corrected chi connectivity index (χ0v) is 13.0. The van der Waals surface area contributed by atoms with Crippen LogP contribution in [0.2, 0.25) is 0 Å². The Bertz CT molecular complexity index is 828. The summed E-state index contributed by atoms with van der Waals surface area (Å²) in [6.07, 6.45) is 4.90. The number of carbonyl (C=O) groups excluding carboxylic acids is 1. The van der Waals surface area contributed by atoms with Crippen LogP contribution in [0.5, 0.6) is 0 Å². The number of fused-ring (bicyclic) bond motifs is 4. The zero-order chi connectivity index (χ0) is 15.4. The molecule has 4 fully saturated rings. The van der Waals surface area contributed by atoms with E-state index in [1.165, 1.54) is 5.56 Å². The average Bonchev–Trinajstić information content (AvgIpc) is 2.89. The fourth-order valence-electron chi connectivity index (χ4n) is 6.29. The molecular weight excluding hydrogens is 288 g/mol. The van der Waals surface area contributed by atoms with Crippen LogP contribution in [-0.4, -0.2) is 30.0 Å². The van der Waals surface area contributed by atoms with Gasteiger partial charge in [-0.2, -0.15) is 0 Å². The Morgan fingerprint density at radius 2 is 2.22 bits per heavy atom. The molecule has 0 radical (unpaired) electrons. The van der Waals surface area contributed by atoms with E-state index in [0.717, 1.165) is 30.7 Å². The van der Waals surface area contributed by atoms with E-state index in [-0.39, 0.29) is 34.9 Å². The van der Waals surface area contributed by atoms with E-state index >= 15 is 0 Å². The van der Waals surface area contributed by atoms with Crippen molar-refractivity contribution in [1.29, 1.82) is 0 Å². The van der Waals surface area contributed by atoms with Gasteiger partial charge >= 0.3 is 5.97 Å². The van der Waals surface area contributed by atoms with E-state index in [1.807, 2.05) is 6.07 Å². The van der Waals surface area contributed by atoms with Gasteiger partial charge in [-0.1, -0.05) is 25.1 Å². The lowest BCUT2D eigenvalue weighted by molar-refractivity contribution is -0.206. The molecule has 4 heterocycles. The van der Waals surface area contributed by atoms with Crippen molar-refractivity contribution in [1.82, 2.24) is 0 Å². The summed E-state index contributed by atoms with van der Waals surface area (Å²) >= 11 is 0. The third-order valence-electron chi connectivity index (χ3n) is 7.23. The van der Waals surface area contributed by atoms with E-state index in [0.29, 0.717) is 5.92 Å². The van der Waals surface area contributed by atoms with Gasteiger partial charge in [0.25, 0.3) is 0 Å². The zero-order valence-electron chi connectivity index (χ0n) is 13.0. The largest absolute Gasteiger partial charge is 0.461 e. The lowest BCUT2D eigenvalue weighted by Gasteiger charge is -2.65. The number of ether oxygens (including phenoxy) is 1. The van der Waals surface area contributed by atoms with Crippen molar-refractivity contribution in [3.63, 3.8) is 0 Å². The molecule has 4 nitrogen and oxygen atoms in total. The Hall–Kier alpha value is -1.97. The molecule has 4 heteroatoms. The monoisotopic (exact) mass is 306 g/mol. The van der Waals surface area contributed by atoms with E-state index in [2.05, 4.69) is 31.3 Å². The number of benzene rings is 1. The molecule has 0 amide bonds. The highest BCUT2D eigenvalue weighted by Gasteiger charge is 2.74. The normalized spacial score (nSPS) is 47.2. The summed E-state index contributed by atoms with van der Waals surface area (Å²) in [7, 11) is 0. The maximum atomic E-state index is 12.8. The quantitative estimate of drug-likeness (QED) is 0.749. The number of nitrogens with zero attached hydrogens (tertiary/aromatic N) is 2.